The van der Waals surface area contributed by atoms with E-state index >= 15 is 0 Å². The summed E-state index contributed by atoms with van der Waals surface area (Å²) < 4.78 is 51.0. The fourth-order valence-electron chi connectivity index (χ4n) is 2.03. The smallest absolute Gasteiger partial charge is 0.310 e. The van der Waals surface area contributed by atoms with Gasteiger partial charge in [0.15, 0.2) is 0 Å². The van der Waals surface area contributed by atoms with Gasteiger partial charge in [-0.25, -0.2) is 4.39 Å². The molecule has 1 aromatic carbocycles. The molecule has 0 amide bonds. The third kappa shape index (κ3) is 4.54. The van der Waals surface area contributed by atoms with E-state index < -0.39 is 17.6 Å². The van der Waals surface area contributed by atoms with E-state index in [9.17, 15) is 17.6 Å². The van der Waals surface area contributed by atoms with Crippen molar-refractivity contribution in [2.45, 2.75) is 32.1 Å². The number of rotatable bonds is 5. The van der Waals surface area contributed by atoms with Gasteiger partial charge in [0.2, 0.25) is 0 Å². The third-order valence-corrected chi connectivity index (χ3v) is 3.84. The molecule has 1 atom stereocenters. The van der Waals surface area contributed by atoms with E-state index in [4.69, 9.17) is 0 Å². The van der Waals surface area contributed by atoms with Crippen LogP contribution in [0.5, 0.6) is 0 Å². The summed E-state index contributed by atoms with van der Waals surface area (Å²) in [4.78, 5) is 0. The Balaban J connectivity index is 1.97. The largest absolute Gasteiger partial charge is 0.419 e. The lowest BCUT2D eigenvalue weighted by Gasteiger charge is -2.14. The van der Waals surface area contributed by atoms with Crippen LogP contribution in [0.3, 0.4) is 0 Å². The summed E-state index contributed by atoms with van der Waals surface area (Å²) in [5, 5.41) is 7.17. The van der Waals surface area contributed by atoms with Gasteiger partial charge in [0, 0.05) is 12.6 Å². The molecule has 0 fully saturated rings. The lowest BCUT2D eigenvalue weighted by molar-refractivity contribution is -0.140. The van der Waals surface area contributed by atoms with Crippen LogP contribution in [0.15, 0.2) is 35.0 Å². The Labute approximate surface area is 124 Å². The molecular formula is C15H15F4NS. The number of benzene rings is 1. The second-order valence-electron chi connectivity index (χ2n) is 4.93. The summed E-state index contributed by atoms with van der Waals surface area (Å²) in [5.74, 6) is -1.24. The van der Waals surface area contributed by atoms with Crippen molar-refractivity contribution >= 4 is 11.3 Å². The molecule has 21 heavy (non-hydrogen) atoms. The minimum Gasteiger partial charge on any atom is -0.310 e. The van der Waals surface area contributed by atoms with E-state index in [2.05, 4.69) is 5.32 Å². The minimum atomic E-state index is -4.66. The lowest BCUT2D eigenvalue weighted by Crippen LogP contribution is -2.27. The SMILES string of the molecule is CC(Cc1ccsc1)NCc1ccc(F)c(C(F)(F)F)c1. The van der Waals surface area contributed by atoms with Crippen molar-refractivity contribution in [2.75, 3.05) is 0 Å². The number of alkyl halides is 3. The van der Waals surface area contributed by atoms with Crippen molar-refractivity contribution in [2.24, 2.45) is 0 Å². The molecule has 1 unspecified atom stereocenters. The Kier molecular flexibility index (Phi) is 5.00. The first-order valence-corrected chi connectivity index (χ1v) is 7.40. The maximum absolute atomic E-state index is 13.2. The predicted octanol–water partition coefficient (Wildman–Crippen LogP) is 4.63. The molecule has 0 saturated carbocycles. The highest BCUT2D eigenvalue weighted by molar-refractivity contribution is 7.07. The quantitative estimate of drug-likeness (QED) is 0.793. The van der Waals surface area contributed by atoms with Crippen LogP contribution in [0.25, 0.3) is 0 Å². The molecule has 0 aliphatic rings. The van der Waals surface area contributed by atoms with Gasteiger partial charge in [-0.1, -0.05) is 6.07 Å². The van der Waals surface area contributed by atoms with E-state index in [1.54, 1.807) is 11.3 Å². The number of nitrogens with one attached hydrogen (secondary N) is 1. The molecule has 2 rings (SSSR count). The fourth-order valence-corrected chi connectivity index (χ4v) is 2.71. The molecule has 2 aromatic rings. The van der Waals surface area contributed by atoms with Crippen molar-refractivity contribution < 1.29 is 17.6 Å². The number of thiophene rings is 1. The van der Waals surface area contributed by atoms with Crippen molar-refractivity contribution in [3.8, 4) is 0 Å². The molecular weight excluding hydrogens is 302 g/mol. The van der Waals surface area contributed by atoms with Gasteiger partial charge in [-0.2, -0.15) is 24.5 Å². The zero-order valence-electron chi connectivity index (χ0n) is 11.4. The van der Waals surface area contributed by atoms with Gasteiger partial charge in [-0.05, 0) is 53.4 Å². The molecule has 6 heteroatoms. The minimum absolute atomic E-state index is 0.124. The standard InChI is InChI=1S/C15H15F4NS/c1-10(6-12-4-5-21-9-12)20-8-11-2-3-14(16)13(7-11)15(17,18)19/h2-5,7,9-10,20H,6,8H2,1H3. The summed E-state index contributed by atoms with van der Waals surface area (Å²) in [6, 6.07) is 5.24. The Hall–Kier alpha value is -1.40. The van der Waals surface area contributed by atoms with Gasteiger partial charge in [-0.15, -0.1) is 0 Å². The molecule has 0 radical (unpaired) electrons. The van der Waals surface area contributed by atoms with Crippen molar-refractivity contribution in [3.05, 3.63) is 57.5 Å². The Morgan fingerprint density at radius 3 is 2.57 bits per heavy atom. The maximum Gasteiger partial charge on any atom is 0.419 e. The van der Waals surface area contributed by atoms with E-state index in [1.165, 1.54) is 11.6 Å². The molecule has 114 valence electrons. The first-order chi connectivity index (χ1) is 9.86. The van der Waals surface area contributed by atoms with Crippen LogP contribution < -0.4 is 5.32 Å². The average molecular weight is 317 g/mol. The van der Waals surface area contributed by atoms with Gasteiger partial charge < -0.3 is 5.32 Å². The monoisotopic (exact) mass is 317 g/mol. The average Bonchev–Trinajstić information content (AvgIpc) is 2.89. The van der Waals surface area contributed by atoms with E-state index in [0.29, 0.717) is 5.56 Å². The van der Waals surface area contributed by atoms with Gasteiger partial charge in [0.1, 0.15) is 5.82 Å². The van der Waals surface area contributed by atoms with Crippen LogP contribution in [-0.2, 0) is 19.1 Å². The molecule has 0 aliphatic heterocycles. The maximum atomic E-state index is 13.2. The van der Waals surface area contributed by atoms with Gasteiger partial charge in [0.05, 0.1) is 5.56 Å². The highest BCUT2D eigenvalue weighted by atomic mass is 32.1. The summed E-state index contributed by atoms with van der Waals surface area (Å²) in [6.07, 6.45) is -3.86. The predicted molar refractivity (Wildman–Crippen MR) is 75.7 cm³/mol. The van der Waals surface area contributed by atoms with Crippen LogP contribution in [0.4, 0.5) is 17.6 Å². The third-order valence-electron chi connectivity index (χ3n) is 3.11. The molecule has 1 N–H and O–H groups in total. The lowest BCUT2D eigenvalue weighted by atomic mass is 10.1. The molecule has 1 heterocycles. The Morgan fingerprint density at radius 1 is 1.19 bits per heavy atom. The molecule has 1 aromatic heterocycles. The van der Waals surface area contributed by atoms with Gasteiger partial charge in [-0.3, -0.25) is 0 Å². The molecule has 0 bridgehead atoms. The van der Waals surface area contributed by atoms with E-state index in [0.717, 1.165) is 18.6 Å². The Morgan fingerprint density at radius 2 is 1.95 bits per heavy atom. The topological polar surface area (TPSA) is 12.0 Å². The summed E-state index contributed by atoms with van der Waals surface area (Å²) in [7, 11) is 0. The molecule has 1 nitrogen and oxygen atoms in total. The van der Waals surface area contributed by atoms with Crippen LogP contribution in [0.1, 0.15) is 23.6 Å². The van der Waals surface area contributed by atoms with Crippen molar-refractivity contribution in [3.63, 3.8) is 0 Å². The highest BCUT2D eigenvalue weighted by Gasteiger charge is 2.34. The molecule has 0 saturated heterocycles. The number of hydrogen-bond donors (Lipinski definition) is 1. The van der Waals surface area contributed by atoms with Crippen LogP contribution >= 0.6 is 11.3 Å². The van der Waals surface area contributed by atoms with Crippen LogP contribution in [0.2, 0.25) is 0 Å². The van der Waals surface area contributed by atoms with Gasteiger partial charge >= 0.3 is 6.18 Å². The number of hydrogen-bond acceptors (Lipinski definition) is 2. The van der Waals surface area contributed by atoms with Gasteiger partial charge in [0.25, 0.3) is 0 Å². The first-order valence-electron chi connectivity index (χ1n) is 6.46. The zero-order valence-corrected chi connectivity index (χ0v) is 12.2. The summed E-state index contributed by atoms with van der Waals surface area (Å²) >= 11 is 1.61. The molecule has 0 aliphatic carbocycles. The van der Waals surface area contributed by atoms with Crippen molar-refractivity contribution in [1.29, 1.82) is 0 Å². The van der Waals surface area contributed by atoms with Crippen LogP contribution in [0, 0.1) is 5.82 Å². The number of halogens is 4. The van der Waals surface area contributed by atoms with E-state index in [1.807, 2.05) is 23.8 Å². The van der Waals surface area contributed by atoms with E-state index in [-0.39, 0.29) is 12.6 Å². The second kappa shape index (κ2) is 6.58. The Bertz CT molecular complexity index is 578. The second-order valence-corrected chi connectivity index (χ2v) is 5.71. The van der Waals surface area contributed by atoms with Crippen LogP contribution in [-0.4, -0.2) is 6.04 Å². The molecule has 0 spiro atoms. The zero-order chi connectivity index (χ0) is 15.5. The first kappa shape index (κ1) is 16.0. The highest BCUT2D eigenvalue weighted by Crippen LogP contribution is 2.31. The normalized spacial score (nSPS) is 13.4. The fraction of sp³-hybridized carbons (Fsp3) is 0.333. The summed E-state index contributed by atoms with van der Waals surface area (Å²) in [6.45, 7) is 2.24. The van der Waals surface area contributed by atoms with Crippen molar-refractivity contribution in [1.82, 2.24) is 5.32 Å². The summed E-state index contributed by atoms with van der Waals surface area (Å²) in [5.41, 5.74) is 0.392.